The van der Waals surface area contributed by atoms with Crippen molar-refractivity contribution in [3.05, 3.63) is 18.2 Å². The van der Waals surface area contributed by atoms with E-state index in [1.54, 1.807) is 0 Å². The molecule has 2 rings (SSSR count). The van der Waals surface area contributed by atoms with E-state index in [0.29, 0.717) is 0 Å². The van der Waals surface area contributed by atoms with E-state index >= 15 is 0 Å². The Kier molecular flexibility index (Phi) is 3.49. The van der Waals surface area contributed by atoms with Crippen LogP contribution in [0, 0.1) is 0 Å². The van der Waals surface area contributed by atoms with Gasteiger partial charge in [0.15, 0.2) is 0 Å². The highest BCUT2D eigenvalue weighted by Gasteiger charge is 2.27. The van der Waals surface area contributed by atoms with Crippen molar-refractivity contribution in [3.8, 4) is 0 Å². The normalized spacial score (nSPS) is 21.7. The minimum absolute atomic E-state index is 0.0124. The van der Waals surface area contributed by atoms with Crippen LogP contribution in [-0.2, 0) is 11.4 Å². The van der Waals surface area contributed by atoms with Crippen LogP contribution in [0.5, 0.6) is 0 Å². The highest BCUT2D eigenvalue weighted by molar-refractivity contribution is 6.21. The molecule has 88 valence electrons. The molecule has 0 N–H and O–H groups in total. The molecule has 0 saturated heterocycles. The van der Waals surface area contributed by atoms with Gasteiger partial charge in [0.25, 0.3) is 0 Å². The van der Waals surface area contributed by atoms with Crippen LogP contribution in [-0.4, -0.2) is 26.7 Å². The van der Waals surface area contributed by atoms with Crippen molar-refractivity contribution in [1.82, 2.24) is 9.55 Å². The van der Waals surface area contributed by atoms with E-state index in [-0.39, 0.29) is 11.5 Å². The largest absolute Gasteiger partial charge is 0.390 e. The number of oxime groups is 1. The molecule has 0 aliphatic carbocycles. The highest BCUT2D eigenvalue weighted by atomic mass is 35.5. The molecule has 16 heavy (non-hydrogen) atoms. The molecule has 1 aromatic rings. The van der Waals surface area contributed by atoms with Crippen LogP contribution >= 0.6 is 11.6 Å². The van der Waals surface area contributed by atoms with Crippen molar-refractivity contribution in [1.29, 1.82) is 0 Å². The van der Waals surface area contributed by atoms with Crippen LogP contribution in [0.1, 0.15) is 32.4 Å². The van der Waals surface area contributed by atoms with E-state index in [1.165, 1.54) is 0 Å². The van der Waals surface area contributed by atoms with Gasteiger partial charge in [0.05, 0.1) is 23.6 Å². The van der Waals surface area contributed by atoms with Crippen molar-refractivity contribution >= 4 is 17.3 Å². The molecule has 1 aliphatic rings. The number of imidazole rings is 1. The monoisotopic (exact) mass is 241 g/mol. The fraction of sp³-hybridized carbons (Fsp3) is 0.636. The van der Waals surface area contributed by atoms with Crippen LogP contribution in [0.2, 0.25) is 0 Å². The van der Waals surface area contributed by atoms with Crippen molar-refractivity contribution in [2.75, 3.05) is 0 Å². The maximum absolute atomic E-state index is 5.99. The fourth-order valence-electron chi connectivity index (χ4n) is 1.77. The molecule has 1 aromatic heterocycles. The van der Waals surface area contributed by atoms with Crippen LogP contribution < -0.4 is 0 Å². The Labute approximate surface area is 100 Å². The Morgan fingerprint density at radius 2 is 2.50 bits per heavy atom. The van der Waals surface area contributed by atoms with Crippen molar-refractivity contribution in [3.63, 3.8) is 0 Å². The molecular weight excluding hydrogens is 226 g/mol. The number of alkyl halides is 1. The van der Waals surface area contributed by atoms with Gasteiger partial charge in [-0.1, -0.05) is 12.1 Å². The van der Waals surface area contributed by atoms with Gasteiger partial charge in [0.1, 0.15) is 11.8 Å². The summed E-state index contributed by atoms with van der Waals surface area (Å²) in [5.41, 5.74) is 1.99. The van der Waals surface area contributed by atoms with Crippen molar-refractivity contribution < 1.29 is 4.84 Å². The average Bonchev–Trinajstić information content (AvgIpc) is 2.84. The lowest BCUT2D eigenvalue weighted by atomic mass is 10.1. The predicted molar refractivity (Wildman–Crippen MR) is 63.9 cm³/mol. The smallest absolute Gasteiger partial charge is 0.149 e. The fourth-order valence-corrected chi connectivity index (χ4v) is 1.91. The standard InChI is InChI=1S/C11H16ClN3O/c1-3-4-15-7-13-6-10(15)9-5-11(8(2)12)16-14-9/h6-8,11H,3-5H2,1-2H3. The van der Waals surface area contributed by atoms with Crippen LogP contribution in [0.25, 0.3) is 0 Å². The Morgan fingerprint density at radius 1 is 1.69 bits per heavy atom. The van der Waals surface area contributed by atoms with Crippen molar-refractivity contribution in [2.45, 2.75) is 44.7 Å². The summed E-state index contributed by atoms with van der Waals surface area (Å²) in [6, 6.07) is 0. The second-order valence-electron chi connectivity index (χ2n) is 4.04. The molecule has 4 nitrogen and oxygen atoms in total. The summed E-state index contributed by atoms with van der Waals surface area (Å²) < 4.78 is 2.10. The molecule has 0 bridgehead atoms. The maximum atomic E-state index is 5.99. The van der Waals surface area contributed by atoms with E-state index in [4.69, 9.17) is 16.4 Å². The van der Waals surface area contributed by atoms with Gasteiger partial charge in [-0.3, -0.25) is 0 Å². The molecule has 0 aromatic carbocycles. The zero-order valence-electron chi connectivity index (χ0n) is 9.56. The first-order chi connectivity index (χ1) is 7.72. The van der Waals surface area contributed by atoms with Gasteiger partial charge >= 0.3 is 0 Å². The molecule has 0 saturated carbocycles. The first-order valence-corrected chi connectivity index (χ1v) is 6.03. The van der Waals surface area contributed by atoms with Gasteiger partial charge in [-0.05, 0) is 13.3 Å². The summed E-state index contributed by atoms with van der Waals surface area (Å²) in [7, 11) is 0. The molecule has 0 amide bonds. The lowest BCUT2D eigenvalue weighted by Gasteiger charge is -2.09. The van der Waals surface area contributed by atoms with E-state index in [0.717, 1.165) is 30.8 Å². The highest BCUT2D eigenvalue weighted by Crippen LogP contribution is 2.21. The number of nitrogens with zero attached hydrogens (tertiary/aromatic N) is 3. The Hall–Kier alpha value is -1.03. The molecule has 0 radical (unpaired) electrons. The molecule has 1 aliphatic heterocycles. The Morgan fingerprint density at radius 3 is 3.12 bits per heavy atom. The Bertz CT molecular complexity index is 386. The lowest BCUT2D eigenvalue weighted by Crippen LogP contribution is -2.19. The number of aryl methyl sites for hydroxylation is 1. The third-order valence-electron chi connectivity index (χ3n) is 2.68. The number of halogens is 1. The van der Waals surface area contributed by atoms with Gasteiger partial charge in [0.2, 0.25) is 0 Å². The second kappa shape index (κ2) is 4.87. The van der Waals surface area contributed by atoms with E-state index in [9.17, 15) is 0 Å². The molecule has 2 atom stereocenters. The van der Waals surface area contributed by atoms with Crippen molar-refractivity contribution in [2.24, 2.45) is 5.16 Å². The van der Waals surface area contributed by atoms with E-state index in [1.807, 2.05) is 19.4 Å². The quantitative estimate of drug-likeness (QED) is 0.760. The first kappa shape index (κ1) is 11.5. The molecular formula is C11H16ClN3O. The molecule has 5 heteroatoms. The Balaban J connectivity index is 2.11. The maximum Gasteiger partial charge on any atom is 0.149 e. The second-order valence-corrected chi connectivity index (χ2v) is 4.72. The summed E-state index contributed by atoms with van der Waals surface area (Å²) in [5.74, 6) is 0. The number of hydrogen-bond acceptors (Lipinski definition) is 3. The predicted octanol–water partition coefficient (Wildman–Crippen LogP) is 2.41. The summed E-state index contributed by atoms with van der Waals surface area (Å²) in [5, 5.41) is 4.07. The minimum atomic E-state index is -0.0243. The average molecular weight is 242 g/mol. The first-order valence-electron chi connectivity index (χ1n) is 5.59. The molecule has 2 unspecified atom stereocenters. The molecule has 0 spiro atoms. The third kappa shape index (κ3) is 2.21. The number of hydrogen-bond donors (Lipinski definition) is 0. The SMILES string of the molecule is CCCn1cncc1C1=NOC(C(C)Cl)C1. The minimum Gasteiger partial charge on any atom is -0.390 e. The summed E-state index contributed by atoms with van der Waals surface area (Å²) >= 11 is 5.99. The zero-order chi connectivity index (χ0) is 11.5. The lowest BCUT2D eigenvalue weighted by molar-refractivity contribution is 0.0855. The van der Waals surface area contributed by atoms with Gasteiger partial charge in [-0.15, -0.1) is 11.6 Å². The zero-order valence-corrected chi connectivity index (χ0v) is 10.3. The number of aromatic nitrogens is 2. The summed E-state index contributed by atoms with van der Waals surface area (Å²) in [4.78, 5) is 9.45. The number of rotatable bonds is 4. The molecule has 0 fully saturated rings. The van der Waals surface area contributed by atoms with Gasteiger partial charge in [0, 0.05) is 13.0 Å². The van der Waals surface area contributed by atoms with Crippen LogP contribution in [0.3, 0.4) is 0 Å². The van der Waals surface area contributed by atoms with Crippen LogP contribution in [0.15, 0.2) is 17.7 Å². The topological polar surface area (TPSA) is 39.4 Å². The van der Waals surface area contributed by atoms with Crippen LogP contribution in [0.4, 0.5) is 0 Å². The van der Waals surface area contributed by atoms with Gasteiger partial charge in [-0.25, -0.2) is 4.98 Å². The summed E-state index contributed by atoms with van der Waals surface area (Å²) in [6.45, 7) is 5.02. The molecule has 2 heterocycles. The van der Waals surface area contributed by atoms with Gasteiger partial charge < -0.3 is 9.40 Å². The van der Waals surface area contributed by atoms with Gasteiger partial charge in [-0.2, -0.15) is 0 Å². The van der Waals surface area contributed by atoms with E-state index in [2.05, 4.69) is 21.6 Å². The third-order valence-corrected chi connectivity index (χ3v) is 2.96. The van der Waals surface area contributed by atoms with E-state index < -0.39 is 0 Å². The summed E-state index contributed by atoms with van der Waals surface area (Å²) in [6.07, 6.45) is 5.49.